The third-order valence-electron chi connectivity index (χ3n) is 3.14. The highest BCUT2D eigenvalue weighted by molar-refractivity contribution is 6.32. The lowest BCUT2D eigenvalue weighted by Crippen LogP contribution is -2.01. The number of imidazole rings is 1. The Bertz CT molecular complexity index is 833. The molecule has 1 N–H and O–H groups in total. The molecule has 0 bridgehead atoms. The maximum Gasteiger partial charge on any atom is 0.358 e. The molecule has 0 aliphatic rings. The molecule has 0 spiro atoms. The van der Waals surface area contributed by atoms with Gasteiger partial charge in [-0.25, -0.2) is 14.8 Å². The minimum absolute atomic E-state index is 0.206. The number of nitrogens with zero attached hydrogens (tertiary/aromatic N) is 3. The van der Waals surface area contributed by atoms with E-state index in [1.807, 2.05) is 30.3 Å². The fraction of sp³-hybridized carbons (Fsp3) is 0.0625. The molecule has 2 aromatic heterocycles. The molecule has 6 nitrogen and oxygen atoms in total. The van der Waals surface area contributed by atoms with Gasteiger partial charge in [-0.15, -0.1) is 0 Å². The molecule has 3 rings (SSSR count). The highest BCUT2D eigenvalue weighted by atomic mass is 35.5. The van der Waals surface area contributed by atoms with E-state index in [4.69, 9.17) is 11.6 Å². The maximum atomic E-state index is 11.5. The number of anilines is 2. The van der Waals surface area contributed by atoms with Crippen LogP contribution in [0.5, 0.6) is 0 Å². The van der Waals surface area contributed by atoms with Gasteiger partial charge in [0.15, 0.2) is 5.69 Å². The molecule has 0 aliphatic carbocycles. The summed E-state index contributed by atoms with van der Waals surface area (Å²) in [6.07, 6.45) is 4.60. The predicted molar refractivity (Wildman–Crippen MR) is 87.4 cm³/mol. The number of esters is 1. The van der Waals surface area contributed by atoms with Crippen molar-refractivity contribution in [1.82, 2.24) is 14.5 Å². The van der Waals surface area contributed by atoms with E-state index in [-0.39, 0.29) is 5.69 Å². The van der Waals surface area contributed by atoms with Crippen molar-refractivity contribution >= 4 is 29.1 Å². The Morgan fingerprint density at radius 3 is 2.78 bits per heavy atom. The first kappa shape index (κ1) is 15.1. The zero-order chi connectivity index (χ0) is 16.2. The van der Waals surface area contributed by atoms with Gasteiger partial charge in [0.1, 0.15) is 12.1 Å². The molecule has 0 atom stereocenters. The van der Waals surface area contributed by atoms with E-state index in [0.717, 1.165) is 5.69 Å². The smallest absolute Gasteiger partial charge is 0.358 e. The van der Waals surface area contributed by atoms with Crippen LogP contribution in [0.3, 0.4) is 0 Å². The summed E-state index contributed by atoms with van der Waals surface area (Å²) in [6.45, 7) is 0. The van der Waals surface area contributed by atoms with Crippen molar-refractivity contribution in [2.45, 2.75) is 0 Å². The van der Waals surface area contributed by atoms with Gasteiger partial charge in [0.25, 0.3) is 0 Å². The number of para-hydroxylation sites is 1. The molecule has 0 fully saturated rings. The van der Waals surface area contributed by atoms with Crippen molar-refractivity contribution in [3.8, 4) is 5.69 Å². The average Bonchev–Trinajstić information content (AvgIpc) is 3.06. The van der Waals surface area contributed by atoms with E-state index in [1.165, 1.54) is 13.4 Å². The summed E-state index contributed by atoms with van der Waals surface area (Å²) in [5.74, 6) is 0.125. The minimum atomic E-state index is -0.503. The topological polar surface area (TPSA) is 69.0 Å². The van der Waals surface area contributed by atoms with Crippen LogP contribution in [0.2, 0.25) is 5.02 Å². The number of ether oxygens (including phenoxy) is 1. The number of nitrogens with one attached hydrogen (secondary N) is 1. The van der Waals surface area contributed by atoms with Crippen molar-refractivity contribution in [2.75, 3.05) is 12.4 Å². The Labute approximate surface area is 137 Å². The lowest BCUT2D eigenvalue weighted by molar-refractivity contribution is 0.0594. The number of aromatic nitrogens is 3. The fourth-order valence-corrected chi connectivity index (χ4v) is 2.23. The first-order valence-electron chi connectivity index (χ1n) is 6.77. The second kappa shape index (κ2) is 6.50. The van der Waals surface area contributed by atoms with E-state index in [9.17, 15) is 4.79 Å². The summed E-state index contributed by atoms with van der Waals surface area (Å²) in [6, 6.07) is 11.4. The Kier molecular flexibility index (Phi) is 4.25. The van der Waals surface area contributed by atoms with E-state index >= 15 is 0 Å². The number of methoxy groups -OCH3 is 1. The average molecular weight is 329 g/mol. The number of benzene rings is 1. The van der Waals surface area contributed by atoms with E-state index in [2.05, 4.69) is 20.0 Å². The van der Waals surface area contributed by atoms with E-state index in [0.29, 0.717) is 16.5 Å². The number of hydrogen-bond acceptors (Lipinski definition) is 5. The number of pyridine rings is 1. The van der Waals surface area contributed by atoms with Crippen LogP contribution >= 0.6 is 11.6 Å². The minimum Gasteiger partial charge on any atom is -0.464 e. The summed E-state index contributed by atoms with van der Waals surface area (Å²) >= 11 is 6.20. The molecule has 0 unspecified atom stereocenters. The van der Waals surface area contributed by atoms with Gasteiger partial charge in [0, 0.05) is 18.0 Å². The highest BCUT2D eigenvalue weighted by Crippen LogP contribution is 2.24. The van der Waals surface area contributed by atoms with Crippen molar-refractivity contribution in [1.29, 1.82) is 0 Å². The van der Waals surface area contributed by atoms with E-state index < -0.39 is 5.97 Å². The summed E-state index contributed by atoms with van der Waals surface area (Å²) in [5.41, 5.74) is 1.77. The van der Waals surface area contributed by atoms with Crippen LogP contribution < -0.4 is 5.32 Å². The third-order valence-corrected chi connectivity index (χ3v) is 3.43. The Morgan fingerprint density at radius 2 is 2.04 bits per heavy atom. The summed E-state index contributed by atoms with van der Waals surface area (Å²) < 4.78 is 6.29. The first-order valence-corrected chi connectivity index (χ1v) is 7.15. The number of halogens is 1. The number of carbonyl (C=O) groups excluding carboxylic acids is 1. The zero-order valence-corrected chi connectivity index (χ0v) is 13.0. The zero-order valence-electron chi connectivity index (χ0n) is 12.2. The lowest BCUT2D eigenvalue weighted by atomic mass is 10.3. The molecule has 0 aliphatic heterocycles. The number of carbonyl (C=O) groups is 1. The molecule has 0 amide bonds. The normalized spacial score (nSPS) is 10.3. The quantitative estimate of drug-likeness (QED) is 0.743. The first-order chi connectivity index (χ1) is 11.2. The highest BCUT2D eigenvalue weighted by Gasteiger charge is 2.12. The molecule has 7 heteroatoms. The third kappa shape index (κ3) is 3.32. The molecule has 0 saturated carbocycles. The molecule has 0 saturated heterocycles. The Balaban J connectivity index is 1.91. The molecular weight excluding hydrogens is 316 g/mol. The van der Waals surface area contributed by atoms with Crippen LogP contribution in [-0.4, -0.2) is 27.6 Å². The Hall–Kier alpha value is -2.86. The van der Waals surface area contributed by atoms with Crippen molar-refractivity contribution in [3.63, 3.8) is 0 Å². The van der Waals surface area contributed by atoms with Gasteiger partial charge < -0.3 is 14.6 Å². The summed E-state index contributed by atoms with van der Waals surface area (Å²) in [4.78, 5) is 19.8. The molecule has 0 radical (unpaired) electrons. The molecule has 3 aromatic rings. The van der Waals surface area contributed by atoms with Gasteiger partial charge in [0.2, 0.25) is 0 Å². The number of hydrogen-bond donors (Lipinski definition) is 1. The van der Waals surface area contributed by atoms with Crippen molar-refractivity contribution in [3.05, 3.63) is 65.8 Å². The van der Waals surface area contributed by atoms with E-state index in [1.54, 1.807) is 23.0 Å². The molecule has 23 heavy (non-hydrogen) atoms. The fourth-order valence-electron chi connectivity index (χ4n) is 2.03. The Morgan fingerprint density at radius 1 is 1.26 bits per heavy atom. The van der Waals surface area contributed by atoms with Crippen LogP contribution in [0.15, 0.2) is 55.1 Å². The molecule has 116 valence electrons. The largest absolute Gasteiger partial charge is 0.464 e. The predicted octanol–water partition coefficient (Wildman–Crippen LogP) is 3.45. The second-order valence-electron chi connectivity index (χ2n) is 4.67. The van der Waals surface area contributed by atoms with Gasteiger partial charge in [-0.05, 0) is 12.1 Å². The summed E-state index contributed by atoms with van der Waals surface area (Å²) in [7, 11) is 1.31. The SMILES string of the molecule is COC(=O)c1cn(-c2cc(Nc3ccccc3)ncc2Cl)cn1. The standard InChI is InChI=1S/C16H13ClN4O2/c1-23-16(22)13-9-21(10-19-13)14-7-15(18-8-12(14)17)20-11-5-3-2-4-6-11/h2-10H,1H3,(H,18,20). The van der Waals surface area contributed by atoms with Crippen LogP contribution in [-0.2, 0) is 4.74 Å². The van der Waals surface area contributed by atoms with Gasteiger partial charge in [-0.1, -0.05) is 29.8 Å². The van der Waals surface area contributed by atoms with Crippen molar-refractivity contribution < 1.29 is 9.53 Å². The monoisotopic (exact) mass is 328 g/mol. The van der Waals surface area contributed by atoms with Gasteiger partial charge >= 0.3 is 5.97 Å². The molecule has 1 aromatic carbocycles. The van der Waals surface area contributed by atoms with Crippen molar-refractivity contribution in [2.24, 2.45) is 0 Å². The summed E-state index contributed by atoms with van der Waals surface area (Å²) in [5, 5.41) is 3.63. The van der Waals surface area contributed by atoms with Gasteiger partial charge in [0.05, 0.1) is 24.0 Å². The van der Waals surface area contributed by atoms with Crippen LogP contribution in [0.4, 0.5) is 11.5 Å². The molecule has 2 heterocycles. The maximum absolute atomic E-state index is 11.5. The van der Waals surface area contributed by atoms with Gasteiger partial charge in [-0.2, -0.15) is 0 Å². The van der Waals surface area contributed by atoms with Crippen LogP contribution in [0, 0.1) is 0 Å². The van der Waals surface area contributed by atoms with Crippen LogP contribution in [0.1, 0.15) is 10.5 Å². The van der Waals surface area contributed by atoms with Crippen LogP contribution in [0.25, 0.3) is 5.69 Å². The number of rotatable bonds is 4. The molecular formula is C16H13ClN4O2. The lowest BCUT2D eigenvalue weighted by Gasteiger charge is -2.09. The second-order valence-corrected chi connectivity index (χ2v) is 5.08. The van der Waals surface area contributed by atoms with Gasteiger partial charge in [-0.3, -0.25) is 0 Å².